The molecule has 0 spiro atoms. The van der Waals surface area contributed by atoms with Crippen molar-refractivity contribution in [1.82, 2.24) is 14.9 Å². The number of amides is 1. The smallest absolute Gasteiger partial charge is 0.271 e. The highest BCUT2D eigenvalue weighted by Crippen LogP contribution is 2.20. The number of nitro benzene ring substituents is 2. The Labute approximate surface area is 183 Å². The van der Waals surface area contributed by atoms with Crippen LogP contribution in [0, 0.1) is 20.2 Å². The molecule has 0 unspecified atom stereocenters. The van der Waals surface area contributed by atoms with Gasteiger partial charge in [0.15, 0.2) is 0 Å². The van der Waals surface area contributed by atoms with Gasteiger partial charge in [0.05, 0.1) is 21.8 Å². The molecule has 1 aromatic heterocycles. The van der Waals surface area contributed by atoms with Crippen LogP contribution < -0.4 is 16.6 Å². The summed E-state index contributed by atoms with van der Waals surface area (Å²) in [7, 11) is 0. The predicted octanol–water partition coefficient (Wildman–Crippen LogP) is 1.99. The molecule has 32 heavy (non-hydrogen) atoms. The summed E-state index contributed by atoms with van der Waals surface area (Å²) >= 11 is 0.992. The van der Waals surface area contributed by atoms with Gasteiger partial charge in [-0.1, -0.05) is 30.0 Å². The molecule has 0 fully saturated rings. The van der Waals surface area contributed by atoms with Crippen LogP contribution in [-0.2, 0) is 4.79 Å². The van der Waals surface area contributed by atoms with Gasteiger partial charge in [0, 0.05) is 35.5 Å². The quantitative estimate of drug-likeness (QED) is 0.140. The summed E-state index contributed by atoms with van der Waals surface area (Å²) in [6.07, 6.45) is 1.35. The minimum atomic E-state index is -0.558. The number of thioether (sulfide) groups is 1. The molecule has 1 amide bonds. The molecular weight excluding hydrogens is 442 g/mol. The van der Waals surface area contributed by atoms with Gasteiger partial charge >= 0.3 is 0 Å². The van der Waals surface area contributed by atoms with Crippen LogP contribution in [0.2, 0.25) is 0 Å². The fourth-order valence-corrected chi connectivity index (χ4v) is 3.02. The number of nitrogens with zero attached hydrogens (tertiary/aromatic N) is 6. The number of hydrogen-bond donors (Lipinski definition) is 3. The molecule has 0 atom stereocenters. The Morgan fingerprint density at radius 2 is 1.81 bits per heavy atom. The van der Waals surface area contributed by atoms with E-state index in [0.717, 1.165) is 16.4 Å². The zero-order chi connectivity index (χ0) is 23.1. The van der Waals surface area contributed by atoms with Gasteiger partial charge in [0.2, 0.25) is 11.1 Å². The molecular formula is C17H15N9O5S. The number of anilines is 2. The minimum Gasteiger partial charge on any atom is -0.334 e. The molecule has 2 aromatic carbocycles. The molecule has 0 saturated heterocycles. The van der Waals surface area contributed by atoms with E-state index in [2.05, 4.69) is 26.0 Å². The van der Waals surface area contributed by atoms with Crippen molar-refractivity contribution in [1.29, 1.82) is 0 Å². The van der Waals surface area contributed by atoms with Gasteiger partial charge in [-0.15, -0.1) is 10.2 Å². The first-order chi connectivity index (χ1) is 15.3. The molecule has 0 aliphatic rings. The maximum absolute atomic E-state index is 12.1. The average Bonchev–Trinajstić information content (AvgIpc) is 3.12. The topological polar surface area (TPSA) is 196 Å². The van der Waals surface area contributed by atoms with Crippen LogP contribution >= 0.6 is 11.8 Å². The molecule has 14 nitrogen and oxygen atoms in total. The van der Waals surface area contributed by atoms with Gasteiger partial charge in [-0.3, -0.25) is 25.0 Å². The first-order valence-electron chi connectivity index (χ1n) is 8.74. The molecule has 0 aliphatic carbocycles. The Kier molecular flexibility index (Phi) is 6.92. The summed E-state index contributed by atoms with van der Waals surface area (Å²) in [6.45, 7) is 0. The Morgan fingerprint density at radius 3 is 2.53 bits per heavy atom. The Morgan fingerprint density at radius 1 is 1.12 bits per heavy atom. The number of nitrogens with one attached hydrogen (secondary N) is 2. The van der Waals surface area contributed by atoms with E-state index in [-0.39, 0.29) is 33.9 Å². The predicted molar refractivity (Wildman–Crippen MR) is 117 cm³/mol. The van der Waals surface area contributed by atoms with Crippen LogP contribution in [0.5, 0.6) is 0 Å². The molecule has 0 saturated carbocycles. The number of carbonyl (C=O) groups excluding carboxylic acids is 1. The molecule has 0 bridgehead atoms. The Hall–Kier alpha value is -4.53. The fourth-order valence-electron chi connectivity index (χ4n) is 2.36. The molecule has 1 heterocycles. The maximum atomic E-state index is 12.1. The van der Waals surface area contributed by atoms with Gasteiger partial charge in [-0.2, -0.15) is 5.10 Å². The molecule has 3 rings (SSSR count). The lowest BCUT2D eigenvalue weighted by Gasteiger charge is -2.05. The number of nitro groups is 2. The Balaban J connectivity index is 1.55. The van der Waals surface area contributed by atoms with E-state index < -0.39 is 15.8 Å². The molecule has 3 aromatic rings. The van der Waals surface area contributed by atoms with Crippen molar-refractivity contribution >= 4 is 46.9 Å². The molecule has 0 aliphatic heterocycles. The van der Waals surface area contributed by atoms with Gasteiger partial charge in [0.25, 0.3) is 17.3 Å². The SMILES string of the molecule is Nn1c(N/N=C/c2cccc([N+](=O)[O-])c2)nnc1SCC(=O)Nc1cccc([N+](=O)[O-])c1. The number of benzene rings is 2. The summed E-state index contributed by atoms with van der Waals surface area (Å²) in [4.78, 5) is 32.6. The lowest BCUT2D eigenvalue weighted by molar-refractivity contribution is -0.385. The third kappa shape index (κ3) is 5.76. The number of rotatable bonds is 9. The highest BCUT2D eigenvalue weighted by Gasteiger charge is 2.13. The van der Waals surface area contributed by atoms with E-state index in [9.17, 15) is 25.0 Å². The number of nitrogen functional groups attached to an aromatic ring is 1. The van der Waals surface area contributed by atoms with Crippen LogP contribution in [0.15, 0.2) is 58.8 Å². The zero-order valence-corrected chi connectivity index (χ0v) is 16.9. The number of hydrogen-bond acceptors (Lipinski definition) is 11. The lowest BCUT2D eigenvalue weighted by Crippen LogP contribution is -2.17. The molecule has 4 N–H and O–H groups in total. The van der Waals surface area contributed by atoms with Crippen molar-refractivity contribution in [3.05, 3.63) is 74.3 Å². The number of hydrazone groups is 1. The van der Waals surface area contributed by atoms with E-state index in [0.29, 0.717) is 5.56 Å². The number of non-ortho nitro benzene ring substituents is 2. The second-order valence-electron chi connectivity index (χ2n) is 6.04. The highest BCUT2D eigenvalue weighted by atomic mass is 32.2. The van der Waals surface area contributed by atoms with Gasteiger partial charge < -0.3 is 11.2 Å². The van der Waals surface area contributed by atoms with Crippen molar-refractivity contribution in [2.75, 3.05) is 22.3 Å². The van der Waals surface area contributed by atoms with Crippen LogP contribution in [-0.4, -0.2) is 42.6 Å². The lowest BCUT2D eigenvalue weighted by atomic mass is 10.2. The van der Waals surface area contributed by atoms with E-state index in [1.807, 2.05) is 0 Å². The number of nitrogens with two attached hydrogens (primary N) is 1. The summed E-state index contributed by atoms with van der Waals surface area (Å²) in [5, 5.41) is 35.9. The van der Waals surface area contributed by atoms with Crippen molar-refractivity contribution in [3.8, 4) is 0 Å². The van der Waals surface area contributed by atoms with Crippen molar-refractivity contribution in [2.45, 2.75) is 5.16 Å². The van der Waals surface area contributed by atoms with Crippen LogP contribution in [0.3, 0.4) is 0 Å². The average molecular weight is 457 g/mol. The first-order valence-corrected chi connectivity index (χ1v) is 9.73. The number of aromatic nitrogens is 3. The highest BCUT2D eigenvalue weighted by molar-refractivity contribution is 7.99. The van der Waals surface area contributed by atoms with E-state index in [1.165, 1.54) is 48.7 Å². The van der Waals surface area contributed by atoms with Crippen molar-refractivity contribution in [3.63, 3.8) is 0 Å². The fraction of sp³-hybridized carbons (Fsp3) is 0.0588. The van der Waals surface area contributed by atoms with Gasteiger partial charge in [0.1, 0.15) is 0 Å². The van der Waals surface area contributed by atoms with Crippen LogP contribution in [0.4, 0.5) is 23.0 Å². The normalized spacial score (nSPS) is 10.8. The first kappa shape index (κ1) is 22.2. The summed E-state index contributed by atoms with van der Waals surface area (Å²) in [5.41, 5.74) is 3.13. The number of carbonyl (C=O) groups is 1. The summed E-state index contributed by atoms with van der Waals surface area (Å²) in [5.74, 6) is 5.46. The minimum absolute atomic E-state index is 0.0713. The Bertz CT molecular complexity index is 1200. The molecule has 0 radical (unpaired) electrons. The summed E-state index contributed by atoms with van der Waals surface area (Å²) < 4.78 is 1.08. The second kappa shape index (κ2) is 9.98. The molecule has 15 heteroatoms. The standard InChI is InChI=1S/C17H15N9O5S/c18-24-16(21-19-9-11-3-1-5-13(7-11)25(28)29)22-23-17(24)32-10-15(27)20-12-4-2-6-14(8-12)26(30)31/h1-9H,10,18H2,(H,20,27)(H,21,22)/b19-9+. The summed E-state index contributed by atoms with van der Waals surface area (Å²) in [6, 6.07) is 11.4. The second-order valence-corrected chi connectivity index (χ2v) is 6.99. The van der Waals surface area contributed by atoms with Crippen molar-refractivity contribution < 1.29 is 14.6 Å². The maximum Gasteiger partial charge on any atom is 0.271 e. The monoisotopic (exact) mass is 457 g/mol. The van der Waals surface area contributed by atoms with Crippen LogP contribution in [0.25, 0.3) is 0 Å². The third-order valence-corrected chi connectivity index (χ3v) is 4.74. The largest absolute Gasteiger partial charge is 0.334 e. The van der Waals surface area contributed by atoms with E-state index >= 15 is 0 Å². The van der Waals surface area contributed by atoms with Crippen LogP contribution in [0.1, 0.15) is 5.56 Å². The van der Waals surface area contributed by atoms with Crippen molar-refractivity contribution in [2.24, 2.45) is 5.10 Å². The molecule has 164 valence electrons. The van der Waals surface area contributed by atoms with E-state index in [1.54, 1.807) is 6.07 Å². The van der Waals surface area contributed by atoms with Gasteiger partial charge in [-0.05, 0) is 6.07 Å². The zero-order valence-electron chi connectivity index (χ0n) is 16.1. The third-order valence-electron chi connectivity index (χ3n) is 3.80. The van der Waals surface area contributed by atoms with E-state index in [4.69, 9.17) is 5.84 Å². The van der Waals surface area contributed by atoms with Gasteiger partial charge in [-0.25, -0.2) is 10.1 Å².